The standard InChI is InChI=1S/C39H24N6/c1-2-10-28(11-3-1)43-34-15-7-4-12-30(34)40-37(43)26-20-18-25(19-21-26)27-22-23-33-29(24-27)38-41-31-13-5-9-17-36(31)45(38)39-42-32-14-6-8-16-35(32)44(33)39/h1-24H. The van der Waals surface area contributed by atoms with Crippen molar-refractivity contribution in [2.24, 2.45) is 0 Å². The minimum Gasteiger partial charge on any atom is -0.292 e. The van der Waals surface area contributed by atoms with Gasteiger partial charge in [-0.1, -0.05) is 84.9 Å². The number of hydrogen-bond donors (Lipinski definition) is 0. The van der Waals surface area contributed by atoms with Crippen LogP contribution in [0.4, 0.5) is 0 Å². The Labute approximate surface area is 257 Å². The lowest BCUT2D eigenvalue weighted by atomic mass is 10.0. The number of para-hydroxylation sites is 7. The van der Waals surface area contributed by atoms with Crippen molar-refractivity contribution in [1.29, 1.82) is 0 Å². The van der Waals surface area contributed by atoms with E-state index >= 15 is 0 Å². The van der Waals surface area contributed by atoms with Gasteiger partial charge in [-0.25, -0.2) is 15.0 Å². The van der Waals surface area contributed by atoms with Crippen LogP contribution in [0.5, 0.6) is 0 Å². The minimum absolute atomic E-state index is 0.866. The first-order valence-corrected chi connectivity index (χ1v) is 15.1. The van der Waals surface area contributed by atoms with E-state index in [0.717, 1.165) is 83.6 Å². The summed E-state index contributed by atoms with van der Waals surface area (Å²) in [7, 11) is 0. The average Bonchev–Trinajstić information content (AvgIpc) is 3.80. The van der Waals surface area contributed by atoms with E-state index in [4.69, 9.17) is 15.0 Å². The number of aromatic nitrogens is 6. The molecule has 0 N–H and O–H groups in total. The molecule has 0 aliphatic rings. The summed E-state index contributed by atoms with van der Waals surface area (Å²) < 4.78 is 6.69. The highest BCUT2D eigenvalue weighted by Gasteiger charge is 2.18. The van der Waals surface area contributed by atoms with Crippen LogP contribution in [0, 0.1) is 0 Å². The Kier molecular flexibility index (Phi) is 4.90. The van der Waals surface area contributed by atoms with Crippen molar-refractivity contribution < 1.29 is 0 Å². The zero-order valence-electron chi connectivity index (χ0n) is 24.0. The molecule has 6 heteroatoms. The lowest BCUT2D eigenvalue weighted by molar-refractivity contribution is 1.10. The molecule has 0 fully saturated rings. The number of nitrogens with zero attached hydrogens (tertiary/aromatic N) is 6. The van der Waals surface area contributed by atoms with Crippen molar-refractivity contribution in [2.75, 3.05) is 0 Å². The number of rotatable bonds is 3. The predicted molar refractivity (Wildman–Crippen MR) is 182 cm³/mol. The van der Waals surface area contributed by atoms with Gasteiger partial charge >= 0.3 is 0 Å². The van der Waals surface area contributed by atoms with Crippen LogP contribution in [0.2, 0.25) is 0 Å². The highest BCUT2D eigenvalue weighted by Crippen LogP contribution is 2.34. The summed E-state index contributed by atoms with van der Waals surface area (Å²) in [5.41, 5.74) is 12.5. The maximum atomic E-state index is 5.11. The molecule has 0 bridgehead atoms. The monoisotopic (exact) mass is 576 g/mol. The Morgan fingerprint density at radius 2 is 0.978 bits per heavy atom. The average molecular weight is 577 g/mol. The van der Waals surface area contributed by atoms with Crippen LogP contribution in [-0.4, -0.2) is 28.3 Å². The van der Waals surface area contributed by atoms with Crippen molar-refractivity contribution in [3.63, 3.8) is 0 Å². The van der Waals surface area contributed by atoms with Gasteiger partial charge in [0.15, 0.2) is 0 Å². The van der Waals surface area contributed by atoms with Crippen molar-refractivity contribution in [3.8, 4) is 28.2 Å². The maximum Gasteiger partial charge on any atom is 0.221 e. The van der Waals surface area contributed by atoms with E-state index in [1.807, 2.05) is 24.3 Å². The topological polar surface area (TPSA) is 52.4 Å². The van der Waals surface area contributed by atoms with Crippen LogP contribution in [0.3, 0.4) is 0 Å². The van der Waals surface area contributed by atoms with Gasteiger partial charge in [-0.15, -0.1) is 0 Å². The Hall–Kier alpha value is -6.27. The first-order chi connectivity index (χ1) is 22.3. The van der Waals surface area contributed by atoms with Gasteiger partial charge in [0.1, 0.15) is 11.5 Å². The van der Waals surface area contributed by atoms with E-state index in [1.54, 1.807) is 0 Å². The molecule has 6 aromatic carbocycles. The summed E-state index contributed by atoms with van der Waals surface area (Å²) in [5.74, 6) is 1.79. The number of benzene rings is 6. The summed E-state index contributed by atoms with van der Waals surface area (Å²) in [4.78, 5) is 15.2. The highest BCUT2D eigenvalue weighted by molar-refractivity contribution is 6.03. The maximum absolute atomic E-state index is 5.11. The molecule has 0 amide bonds. The summed E-state index contributed by atoms with van der Waals surface area (Å²) in [6.45, 7) is 0. The third-order valence-electron chi connectivity index (χ3n) is 8.83. The molecule has 210 valence electrons. The Morgan fingerprint density at radius 3 is 1.73 bits per heavy atom. The molecule has 0 atom stereocenters. The van der Waals surface area contributed by atoms with E-state index in [0.29, 0.717) is 0 Å². The van der Waals surface area contributed by atoms with Gasteiger partial charge < -0.3 is 0 Å². The molecular weight excluding hydrogens is 552 g/mol. The third kappa shape index (κ3) is 3.48. The molecular formula is C39H24N6. The quantitative estimate of drug-likeness (QED) is 0.211. The smallest absolute Gasteiger partial charge is 0.221 e. The third-order valence-corrected chi connectivity index (χ3v) is 8.83. The molecule has 0 radical (unpaired) electrons. The van der Waals surface area contributed by atoms with Crippen LogP contribution >= 0.6 is 0 Å². The second kappa shape index (κ2) is 9.11. The Balaban J connectivity index is 1.17. The molecule has 0 unspecified atom stereocenters. The zero-order chi connectivity index (χ0) is 29.5. The van der Waals surface area contributed by atoms with Crippen molar-refractivity contribution >= 4 is 55.4 Å². The second-order valence-electron chi connectivity index (χ2n) is 11.4. The van der Waals surface area contributed by atoms with Crippen molar-refractivity contribution in [2.45, 2.75) is 0 Å². The lowest BCUT2D eigenvalue weighted by Crippen LogP contribution is -1.98. The van der Waals surface area contributed by atoms with Gasteiger partial charge in [0.25, 0.3) is 0 Å². The first kappa shape index (κ1) is 24.2. The van der Waals surface area contributed by atoms with E-state index in [1.165, 1.54) is 0 Å². The predicted octanol–water partition coefficient (Wildman–Crippen LogP) is 9.11. The summed E-state index contributed by atoms with van der Waals surface area (Å²) >= 11 is 0. The normalized spacial score (nSPS) is 12.0. The Bertz CT molecular complexity index is 2750. The summed E-state index contributed by atoms with van der Waals surface area (Å²) in [6, 6.07) is 50.7. The van der Waals surface area contributed by atoms with E-state index < -0.39 is 0 Å². The first-order valence-electron chi connectivity index (χ1n) is 15.1. The highest BCUT2D eigenvalue weighted by atomic mass is 15.2. The summed E-state index contributed by atoms with van der Waals surface area (Å²) in [5, 5.41) is 1.08. The van der Waals surface area contributed by atoms with Gasteiger partial charge in [0.05, 0.1) is 38.6 Å². The van der Waals surface area contributed by atoms with Crippen LogP contribution in [0.25, 0.3) is 83.6 Å². The zero-order valence-corrected chi connectivity index (χ0v) is 24.0. The molecule has 0 saturated heterocycles. The molecule has 4 aromatic heterocycles. The molecule has 10 aromatic rings. The van der Waals surface area contributed by atoms with Crippen LogP contribution in [-0.2, 0) is 0 Å². The van der Waals surface area contributed by atoms with Gasteiger partial charge in [-0.2, -0.15) is 0 Å². The lowest BCUT2D eigenvalue weighted by Gasteiger charge is -2.11. The van der Waals surface area contributed by atoms with Crippen LogP contribution < -0.4 is 0 Å². The summed E-state index contributed by atoms with van der Waals surface area (Å²) in [6.07, 6.45) is 0. The number of fused-ring (bicyclic) bond motifs is 11. The van der Waals surface area contributed by atoms with Gasteiger partial charge in [0, 0.05) is 16.6 Å². The SMILES string of the molecule is c1ccc(-n2c(-c3ccc(-c4ccc5c(c4)c4nc6ccccc6n4c4nc6ccccc6n54)cc3)nc3ccccc32)cc1. The molecule has 10 rings (SSSR count). The van der Waals surface area contributed by atoms with Gasteiger partial charge in [0.2, 0.25) is 5.78 Å². The van der Waals surface area contributed by atoms with E-state index in [9.17, 15) is 0 Å². The fraction of sp³-hybridized carbons (Fsp3) is 0. The molecule has 0 aliphatic carbocycles. The fourth-order valence-electron chi connectivity index (χ4n) is 6.77. The molecule has 6 nitrogen and oxygen atoms in total. The molecule has 0 spiro atoms. The fourth-order valence-corrected chi connectivity index (χ4v) is 6.77. The second-order valence-corrected chi connectivity index (χ2v) is 11.4. The molecule has 0 aliphatic heterocycles. The van der Waals surface area contributed by atoms with Gasteiger partial charge in [-0.05, 0) is 71.8 Å². The minimum atomic E-state index is 0.866. The van der Waals surface area contributed by atoms with Gasteiger partial charge in [-0.3, -0.25) is 13.4 Å². The van der Waals surface area contributed by atoms with Crippen LogP contribution in [0.15, 0.2) is 146 Å². The van der Waals surface area contributed by atoms with Crippen molar-refractivity contribution in [3.05, 3.63) is 146 Å². The molecule has 0 saturated carbocycles. The number of hydrogen-bond acceptors (Lipinski definition) is 3. The largest absolute Gasteiger partial charge is 0.292 e. The van der Waals surface area contributed by atoms with E-state index in [-0.39, 0.29) is 0 Å². The Morgan fingerprint density at radius 1 is 0.400 bits per heavy atom. The van der Waals surface area contributed by atoms with E-state index in [2.05, 4.69) is 135 Å². The number of imidazole rings is 3. The molecule has 45 heavy (non-hydrogen) atoms. The van der Waals surface area contributed by atoms with Crippen LogP contribution in [0.1, 0.15) is 0 Å². The molecule has 4 heterocycles. The van der Waals surface area contributed by atoms with Crippen molar-refractivity contribution in [1.82, 2.24) is 28.3 Å².